The van der Waals surface area contributed by atoms with Gasteiger partial charge in [-0.05, 0) is 48.8 Å². The number of aromatic amines is 1. The molecule has 0 fully saturated rings. The van der Waals surface area contributed by atoms with Gasteiger partial charge in [0.15, 0.2) is 0 Å². The fourth-order valence-corrected chi connectivity index (χ4v) is 3.86. The molecule has 3 aromatic rings. The number of thioether (sulfide) groups is 1. The number of pyridine rings is 1. The topological polar surface area (TPSA) is 83.6 Å². The molecule has 4 rings (SSSR count). The average Bonchev–Trinajstić information content (AvgIpc) is 3.22. The average molecular weight is 374 g/mol. The van der Waals surface area contributed by atoms with Crippen molar-refractivity contribution in [3.63, 3.8) is 0 Å². The van der Waals surface area contributed by atoms with Crippen LogP contribution in [0, 0.1) is 0 Å². The number of nitrogens with one attached hydrogen (secondary N) is 2. The number of amides is 1. The number of nitrogens with zero attached hydrogens (tertiary/aromatic N) is 3. The van der Waals surface area contributed by atoms with Gasteiger partial charge in [-0.15, -0.1) is 5.10 Å². The molecule has 0 spiro atoms. The molecule has 8 heteroatoms. The lowest BCUT2D eigenvalue weighted by Gasteiger charge is -2.12. The molecule has 6 nitrogen and oxygen atoms in total. The van der Waals surface area contributed by atoms with Crippen LogP contribution in [-0.4, -0.2) is 31.8 Å². The van der Waals surface area contributed by atoms with Gasteiger partial charge in [-0.1, -0.05) is 30.3 Å². The Kier molecular flexibility index (Phi) is 4.35. The largest absolute Gasteiger partial charge is 0.291 e. The molecular formula is C17H16ClN5OS. The number of hydrogen-bond donors (Lipinski definition) is 2. The van der Waals surface area contributed by atoms with E-state index in [2.05, 4.69) is 20.5 Å². The van der Waals surface area contributed by atoms with E-state index < -0.39 is 0 Å². The van der Waals surface area contributed by atoms with Crippen LogP contribution < -0.4 is 5.32 Å². The summed E-state index contributed by atoms with van der Waals surface area (Å²) in [5.41, 5.74) is 3.44. The lowest BCUT2D eigenvalue weighted by molar-refractivity contribution is 0.102. The van der Waals surface area contributed by atoms with Crippen LogP contribution in [0.15, 0.2) is 23.4 Å². The van der Waals surface area contributed by atoms with Crippen LogP contribution >= 0.6 is 23.4 Å². The number of carbonyl (C=O) groups excluding carboxylic acids is 1. The summed E-state index contributed by atoms with van der Waals surface area (Å²) < 4.78 is 0. The Hall–Kier alpha value is -2.12. The number of aromatic nitrogens is 4. The number of carbonyl (C=O) groups is 1. The van der Waals surface area contributed by atoms with E-state index in [0.717, 1.165) is 47.2 Å². The van der Waals surface area contributed by atoms with Crippen LogP contribution in [-0.2, 0) is 12.8 Å². The van der Waals surface area contributed by atoms with Gasteiger partial charge in [0, 0.05) is 16.1 Å². The summed E-state index contributed by atoms with van der Waals surface area (Å²) >= 11 is 7.67. The normalized spacial score (nSPS) is 13.2. The predicted octanol–water partition coefficient (Wildman–Crippen LogP) is 3.86. The summed E-state index contributed by atoms with van der Waals surface area (Å²) in [5, 5.41) is 11.6. The van der Waals surface area contributed by atoms with Crippen molar-refractivity contribution >= 4 is 46.1 Å². The summed E-state index contributed by atoms with van der Waals surface area (Å²) in [6.07, 6.45) is 2.75. The molecule has 1 aromatic carbocycles. The first-order valence-electron chi connectivity index (χ1n) is 8.13. The minimum Gasteiger partial charge on any atom is -0.291 e. The van der Waals surface area contributed by atoms with Gasteiger partial charge >= 0.3 is 0 Å². The number of aryl methyl sites for hydroxylation is 1. The first-order valence-corrected chi connectivity index (χ1v) is 9.49. The second-order valence-electron chi connectivity index (χ2n) is 5.78. The van der Waals surface area contributed by atoms with Crippen LogP contribution in [0.25, 0.3) is 10.9 Å². The molecule has 0 saturated heterocycles. The van der Waals surface area contributed by atoms with E-state index in [0.29, 0.717) is 21.7 Å². The summed E-state index contributed by atoms with van der Waals surface area (Å²) in [5.74, 6) is 1.00. The van der Waals surface area contributed by atoms with E-state index >= 15 is 0 Å². The Balaban J connectivity index is 1.76. The summed E-state index contributed by atoms with van der Waals surface area (Å²) in [6.45, 7) is 2.02. The molecule has 0 radical (unpaired) electrons. The number of rotatable bonds is 4. The molecule has 2 aromatic heterocycles. The third-order valence-corrected chi connectivity index (χ3v) is 5.14. The van der Waals surface area contributed by atoms with Gasteiger partial charge in [0.05, 0.1) is 11.1 Å². The second kappa shape index (κ2) is 6.65. The van der Waals surface area contributed by atoms with E-state index in [9.17, 15) is 4.79 Å². The molecule has 0 saturated carbocycles. The van der Waals surface area contributed by atoms with Gasteiger partial charge in [-0.2, -0.15) is 4.98 Å². The maximum atomic E-state index is 13.0. The zero-order valence-electron chi connectivity index (χ0n) is 13.6. The SMILES string of the molecule is CCSc1n[nH]c(NC(=O)c2c3c(nc4ccc(Cl)cc24)CCC3)n1. The van der Waals surface area contributed by atoms with Crippen molar-refractivity contribution in [2.45, 2.75) is 31.3 Å². The second-order valence-corrected chi connectivity index (χ2v) is 7.45. The molecule has 1 aliphatic rings. The van der Waals surface area contributed by atoms with Crippen molar-refractivity contribution in [1.82, 2.24) is 20.2 Å². The van der Waals surface area contributed by atoms with Gasteiger partial charge in [0.1, 0.15) is 0 Å². The minimum atomic E-state index is -0.211. The van der Waals surface area contributed by atoms with Crippen molar-refractivity contribution in [2.75, 3.05) is 11.1 Å². The molecule has 128 valence electrons. The van der Waals surface area contributed by atoms with Crippen molar-refractivity contribution in [3.05, 3.63) is 40.0 Å². The number of halogens is 1. The fraction of sp³-hybridized carbons (Fsp3) is 0.294. The molecule has 2 N–H and O–H groups in total. The maximum absolute atomic E-state index is 13.0. The molecule has 25 heavy (non-hydrogen) atoms. The molecule has 0 unspecified atom stereocenters. The molecule has 1 amide bonds. The van der Waals surface area contributed by atoms with Crippen molar-refractivity contribution in [3.8, 4) is 0 Å². The van der Waals surface area contributed by atoms with Gasteiger partial charge < -0.3 is 0 Å². The van der Waals surface area contributed by atoms with Crippen LogP contribution in [0.5, 0.6) is 0 Å². The number of benzene rings is 1. The van der Waals surface area contributed by atoms with Crippen LogP contribution in [0.2, 0.25) is 5.02 Å². The molecule has 1 aliphatic carbocycles. The Morgan fingerprint density at radius 1 is 1.36 bits per heavy atom. The van der Waals surface area contributed by atoms with Crippen molar-refractivity contribution in [1.29, 1.82) is 0 Å². The van der Waals surface area contributed by atoms with Crippen molar-refractivity contribution < 1.29 is 4.79 Å². The molecular weight excluding hydrogens is 358 g/mol. The quantitative estimate of drug-likeness (QED) is 0.678. The molecule has 2 heterocycles. The Morgan fingerprint density at radius 3 is 3.08 bits per heavy atom. The highest BCUT2D eigenvalue weighted by atomic mass is 35.5. The van der Waals surface area contributed by atoms with Gasteiger partial charge in [0.25, 0.3) is 5.91 Å². The maximum Gasteiger partial charge on any atom is 0.259 e. The van der Waals surface area contributed by atoms with Gasteiger partial charge in [-0.3, -0.25) is 15.1 Å². The third kappa shape index (κ3) is 3.09. The minimum absolute atomic E-state index is 0.211. The predicted molar refractivity (Wildman–Crippen MR) is 99.5 cm³/mol. The van der Waals surface area contributed by atoms with E-state index in [1.807, 2.05) is 13.0 Å². The van der Waals surface area contributed by atoms with E-state index in [-0.39, 0.29) is 5.91 Å². The zero-order chi connectivity index (χ0) is 17.4. The Morgan fingerprint density at radius 2 is 2.24 bits per heavy atom. The summed E-state index contributed by atoms with van der Waals surface area (Å²) in [6, 6.07) is 5.46. The van der Waals surface area contributed by atoms with Gasteiger partial charge in [-0.25, -0.2) is 5.10 Å². The van der Waals surface area contributed by atoms with E-state index in [1.54, 1.807) is 12.1 Å². The number of H-pyrrole nitrogens is 1. The zero-order valence-corrected chi connectivity index (χ0v) is 15.2. The van der Waals surface area contributed by atoms with Crippen LogP contribution in [0.3, 0.4) is 0 Å². The summed E-state index contributed by atoms with van der Waals surface area (Å²) in [4.78, 5) is 22.0. The highest BCUT2D eigenvalue weighted by molar-refractivity contribution is 7.99. The lowest BCUT2D eigenvalue weighted by atomic mass is 10.0. The number of anilines is 1. The standard InChI is InChI=1S/C17H16ClN5OS/c1-2-25-17-21-16(22-23-17)20-15(24)14-10-4-3-5-12(10)19-13-7-6-9(18)8-11(13)14/h6-8H,2-5H2,1H3,(H2,20,21,22,23,24). The van der Waals surface area contributed by atoms with Gasteiger partial charge in [0.2, 0.25) is 11.1 Å². The highest BCUT2D eigenvalue weighted by Crippen LogP contribution is 2.31. The molecule has 0 aliphatic heterocycles. The molecule has 0 bridgehead atoms. The fourth-order valence-electron chi connectivity index (χ4n) is 3.16. The van der Waals surface area contributed by atoms with Crippen LogP contribution in [0.4, 0.5) is 5.95 Å². The van der Waals surface area contributed by atoms with E-state index in [4.69, 9.17) is 16.6 Å². The molecule has 0 atom stereocenters. The third-order valence-electron chi connectivity index (χ3n) is 4.17. The highest BCUT2D eigenvalue weighted by Gasteiger charge is 2.24. The Labute approximate surface area is 153 Å². The Bertz CT molecular complexity index is 971. The monoisotopic (exact) mass is 373 g/mol. The lowest BCUT2D eigenvalue weighted by Crippen LogP contribution is -2.16. The first-order chi connectivity index (χ1) is 12.2. The smallest absolute Gasteiger partial charge is 0.259 e. The van der Waals surface area contributed by atoms with Crippen molar-refractivity contribution in [2.24, 2.45) is 0 Å². The number of fused-ring (bicyclic) bond motifs is 2. The van der Waals surface area contributed by atoms with E-state index in [1.165, 1.54) is 11.8 Å². The first kappa shape index (κ1) is 16.4. The number of hydrogen-bond acceptors (Lipinski definition) is 5. The van der Waals surface area contributed by atoms with Crippen LogP contribution in [0.1, 0.15) is 35.0 Å². The summed E-state index contributed by atoms with van der Waals surface area (Å²) in [7, 11) is 0.